The van der Waals surface area contributed by atoms with Crippen LogP contribution in [0.2, 0.25) is 0 Å². The zero-order valence-electron chi connectivity index (χ0n) is 12.8. The molecule has 1 amide bonds. The summed E-state index contributed by atoms with van der Waals surface area (Å²) in [7, 11) is 0. The van der Waals surface area contributed by atoms with E-state index in [1.54, 1.807) is 0 Å². The quantitative estimate of drug-likeness (QED) is 0.786. The molecule has 20 heavy (non-hydrogen) atoms. The van der Waals surface area contributed by atoms with E-state index in [2.05, 4.69) is 19.2 Å². The lowest BCUT2D eigenvalue weighted by molar-refractivity contribution is -0.133. The highest BCUT2D eigenvalue weighted by Crippen LogP contribution is 2.38. The summed E-state index contributed by atoms with van der Waals surface area (Å²) in [4.78, 5) is 13.2. The van der Waals surface area contributed by atoms with Crippen molar-refractivity contribution in [1.82, 2.24) is 5.32 Å². The smallest absolute Gasteiger partial charge is 0.226 e. The van der Waals surface area contributed by atoms with Crippen LogP contribution in [0.4, 0.5) is 0 Å². The molecule has 0 saturated heterocycles. The summed E-state index contributed by atoms with van der Waals surface area (Å²) in [6, 6.07) is 0. The minimum atomic E-state index is -0.431. The molecular formula is C16H28N2OS. The largest absolute Gasteiger partial charge is 0.391 e. The Morgan fingerprint density at radius 1 is 1.15 bits per heavy atom. The predicted octanol–water partition coefficient (Wildman–Crippen LogP) is 3.31. The van der Waals surface area contributed by atoms with Crippen molar-refractivity contribution in [2.45, 2.75) is 77.2 Å². The maximum absolute atomic E-state index is 12.8. The molecule has 0 atom stereocenters. The number of amides is 1. The lowest BCUT2D eigenvalue weighted by Gasteiger charge is -2.42. The van der Waals surface area contributed by atoms with Crippen LogP contribution in [0.1, 0.15) is 71.6 Å². The van der Waals surface area contributed by atoms with Crippen molar-refractivity contribution >= 4 is 23.1 Å². The van der Waals surface area contributed by atoms with E-state index in [4.69, 9.17) is 18.0 Å². The molecule has 2 saturated carbocycles. The van der Waals surface area contributed by atoms with Crippen LogP contribution in [0.25, 0.3) is 0 Å². The van der Waals surface area contributed by atoms with E-state index in [-0.39, 0.29) is 11.3 Å². The van der Waals surface area contributed by atoms with Gasteiger partial charge in [0.25, 0.3) is 0 Å². The SMILES string of the molecule is CC1CCC(NC(=O)C2(C)CCCCC2)(C(N)=S)CC1. The molecule has 3 nitrogen and oxygen atoms in total. The molecule has 2 fully saturated rings. The van der Waals surface area contributed by atoms with Crippen molar-refractivity contribution in [2.24, 2.45) is 17.1 Å². The van der Waals surface area contributed by atoms with E-state index in [0.717, 1.165) is 51.4 Å². The monoisotopic (exact) mass is 296 g/mol. The first-order valence-corrected chi connectivity index (χ1v) is 8.41. The average Bonchev–Trinajstić information content (AvgIpc) is 2.42. The van der Waals surface area contributed by atoms with Crippen LogP contribution < -0.4 is 11.1 Å². The third-order valence-electron chi connectivity index (χ3n) is 5.46. The van der Waals surface area contributed by atoms with Gasteiger partial charge in [0.1, 0.15) is 0 Å². The molecule has 0 aromatic heterocycles. The topological polar surface area (TPSA) is 55.1 Å². The van der Waals surface area contributed by atoms with E-state index in [1.165, 1.54) is 6.42 Å². The van der Waals surface area contributed by atoms with Crippen LogP contribution in [-0.4, -0.2) is 16.4 Å². The van der Waals surface area contributed by atoms with Crippen molar-refractivity contribution in [2.75, 3.05) is 0 Å². The lowest BCUT2D eigenvalue weighted by Crippen LogP contribution is -2.61. The summed E-state index contributed by atoms with van der Waals surface area (Å²) in [6.45, 7) is 4.36. The maximum Gasteiger partial charge on any atom is 0.226 e. The number of rotatable bonds is 3. The number of hydrogen-bond donors (Lipinski definition) is 2. The molecule has 0 aromatic carbocycles. The van der Waals surface area contributed by atoms with Crippen molar-refractivity contribution < 1.29 is 4.79 Å². The first kappa shape index (κ1) is 15.7. The fraction of sp³-hybridized carbons (Fsp3) is 0.875. The number of carbonyl (C=O) groups is 1. The fourth-order valence-electron chi connectivity index (χ4n) is 3.62. The number of thiocarbonyl (C=S) groups is 1. The summed E-state index contributed by atoms with van der Waals surface area (Å²) in [5, 5.41) is 3.26. The molecule has 2 aliphatic carbocycles. The molecule has 2 rings (SSSR count). The van der Waals surface area contributed by atoms with Gasteiger partial charge in [0, 0.05) is 5.41 Å². The Kier molecular flexibility index (Phi) is 4.73. The van der Waals surface area contributed by atoms with E-state index in [0.29, 0.717) is 10.9 Å². The van der Waals surface area contributed by atoms with Crippen LogP contribution in [0, 0.1) is 11.3 Å². The Morgan fingerprint density at radius 3 is 2.20 bits per heavy atom. The summed E-state index contributed by atoms with van der Waals surface area (Å²) in [5.41, 5.74) is 5.33. The van der Waals surface area contributed by atoms with E-state index >= 15 is 0 Å². The van der Waals surface area contributed by atoms with Gasteiger partial charge in [-0.25, -0.2) is 0 Å². The minimum absolute atomic E-state index is 0.166. The number of nitrogens with one attached hydrogen (secondary N) is 1. The van der Waals surface area contributed by atoms with Gasteiger partial charge in [0.15, 0.2) is 0 Å². The molecule has 0 aromatic rings. The summed E-state index contributed by atoms with van der Waals surface area (Å²) < 4.78 is 0. The molecule has 3 N–H and O–H groups in total. The predicted molar refractivity (Wildman–Crippen MR) is 86.5 cm³/mol. The van der Waals surface area contributed by atoms with Gasteiger partial charge in [0.05, 0.1) is 10.5 Å². The van der Waals surface area contributed by atoms with Gasteiger partial charge in [-0.15, -0.1) is 0 Å². The van der Waals surface area contributed by atoms with Crippen molar-refractivity contribution in [3.63, 3.8) is 0 Å². The highest BCUT2D eigenvalue weighted by molar-refractivity contribution is 7.80. The van der Waals surface area contributed by atoms with Gasteiger partial charge in [-0.1, -0.05) is 45.3 Å². The Balaban J connectivity index is 2.08. The van der Waals surface area contributed by atoms with E-state index in [1.807, 2.05) is 0 Å². The van der Waals surface area contributed by atoms with Gasteiger partial charge in [0.2, 0.25) is 5.91 Å². The lowest BCUT2D eigenvalue weighted by atomic mass is 9.72. The second-order valence-electron chi connectivity index (χ2n) is 7.20. The molecule has 4 heteroatoms. The highest BCUT2D eigenvalue weighted by atomic mass is 32.1. The van der Waals surface area contributed by atoms with Gasteiger partial charge in [-0.3, -0.25) is 4.79 Å². The summed E-state index contributed by atoms with van der Waals surface area (Å²) in [5.74, 6) is 0.874. The van der Waals surface area contributed by atoms with Crippen LogP contribution in [0.3, 0.4) is 0 Å². The standard InChI is InChI=1S/C16H28N2OS/c1-12-6-10-16(11-7-12,13(17)20)18-14(19)15(2)8-4-3-5-9-15/h12H,3-11H2,1-2H3,(H2,17,20)(H,18,19). The molecule has 0 spiro atoms. The Labute approximate surface area is 128 Å². The zero-order valence-corrected chi connectivity index (χ0v) is 13.7. The summed E-state index contributed by atoms with van der Waals surface area (Å²) in [6.07, 6.45) is 9.51. The van der Waals surface area contributed by atoms with Crippen molar-refractivity contribution in [1.29, 1.82) is 0 Å². The second-order valence-corrected chi connectivity index (χ2v) is 7.64. The summed E-state index contributed by atoms with van der Waals surface area (Å²) >= 11 is 5.29. The molecule has 0 aliphatic heterocycles. The van der Waals surface area contributed by atoms with Crippen molar-refractivity contribution in [3.8, 4) is 0 Å². The van der Waals surface area contributed by atoms with Gasteiger partial charge < -0.3 is 11.1 Å². The van der Waals surface area contributed by atoms with Crippen LogP contribution in [0.15, 0.2) is 0 Å². The number of nitrogens with two attached hydrogens (primary N) is 1. The van der Waals surface area contributed by atoms with Gasteiger partial charge >= 0.3 is 0 Å². The zero-order chi connectivity index (χ0) is 14.8. The van der Waals surface area contributed by atoms with E-state index < -0.39 is 5.54 Å². The molecule has 0 unspecified atom stereocenters. The first-order valence-electron chi connectivity index (χ1n) is 8.00. The molecule has 2 aliphatic rings. The third kappa shape index (κ3) is 3.16. The molecule has 0 bridgehead atoms. The highest BCUT2D eigenvalue weighted by Gasteiger charge is 2.43. The third-order valence-corrected chi connectivity index (χ3v) is 5.85. The second kappa shape index (κ2) is 6.00. The number of hydrogen-bond acceptors (Lipinski definition) is 2. The van der Waals surface area contributed by atoms with Gasteiger partial charge in [-0.2, -0.15) is 0 Å². The number of carbonyl (C=O) groups excluding carboxylic acids is 1. The molecule has 0 heterocycles. The van der Waals surface area contributed by atoms with Crippen LogP contribution in [-0.2, 0) is 4.79 Å². The average molecular weight is 296 g/mol. The van der Waals surface area contributed by atoms with Gasteiger partial charge in [-0.05, 0) is 44.4 Å². The molecule has 0 radical (unpaired) electrons. The fourth-order valence-corrected chi connectivity index (χ4v) is 3.87. The molecule has 114 valence electrons. The maximum atomic E-state index is 12.8. The Hall–Kier alpha value is -0.640. The van der Waals surface area contributed by atoms with Crippen molar-refractivity contribution in [3.05, 3.63) is 0 Å². The minimum Gasteiger partial charge on any atom is -0.391 e. The Bertz CT molecular complexity index is 380. The Morgan fingerprint density at radius 2 is 1.70 bits per heavy atom. The first-order chi connectivity index (χ1) is 9.38. The van der Waals surface area contributed by atoms with Crippen LogP contribution in [0.5, 0.6) is 0 Å². The molecular weight excluding hydrogens is 268 g/mol. The normalized spacial score (nSPS) is 33.4. The van der Waals surface area contributed by atoms with Crippen LogP contribution >= 0.6 is 12.2 Å². The van der Waals surface area contributed by atoms with E-state index in [9.17, 15) is 4.79 Å².